The molecule has 1 amide bonds. The summed E-state index contributed by atoms with van der Waals surface area (Å²) < 4.78 is 7.72. The molecule has 0 saturated heterocycles. The fourth-order valence-corrected chi connectivity index (χ4v) is 4.23. The van der Waals surface area contributed by atoms with Crippen LogP contribution in [-0.4, -0.2) is 53.9 Å². The van der Waals surface area contributed by atoms with Crippen LogP contribution < -0.4 is 10.1 Å². The minimum absolute atomic E-state index is 0.0938. The van der Waals surface area contributed by atoms with E-state index >= 15 is 0 Å². The van der Waals surface area contributed by atoms with Crippen LogP contribution in [-0.2, 0) is 17.9 Å². The zero-order valence-corrected chi connectivity index (χ0v) is 19.5. The summed E-state index contributed by atoms with van der Waals surface area (Å²) in [6, 6.07) is 7.75. The fraction of sp³-hybridized carbons (Fsp3) is 0.542. The first-order valence-electron chi connectivity index (χ1n) is 10.8. The number of para-hydroxylation sites is 1. The SMILES string of the molecule is CNC(=O)[C@@H](CC(=O)c1nc(-c2ccccc2OC)n2c1CN(C)CCC2)C(C)(C)C. The standard InChI is InChI=1S/C24H34N4O3/c1-24(2,3)17(23(30)25-4)14-19(29)21-18-15-27(5)12-9-13-28(18)22(26-21)16-10-7-8-11-20(16)31-6/h7-8,10-11,17H,9,12-15H2,1-6H3,(H,25,30)/t17-/m1/s1. The molecule has 1 aliphatic rings. The second-order valence-electron chi connectivity index (χ2n) is 9.33. The van der Waals surface area contributed by atoms with Crippen LogP contribution in [0.25, 0.3) is 11.4 Å². The largest absolute Gasteiger partial charge is 0.496 e. The van der Waals surface area contributed by atoms with E-state index in [4.69, 9.17) is 9.72 Å². The molecule has 0 spiro atoms. The van der Waals surface area contributed by atoms with E-state index in [-0.39, 0.29) is 23.5 Å². The van der Waals surface area contributed by atoms with Gasteiger partial charge in [0.15, 0.2) is 5.78 Å². The van der Waals surface area contributed by atoms with Crippen molar-refractivity contribution in [1.29, 1.82) is 0 Å². The molecule has 1 aliphatic heterocycles. The lowest BCUT2D eigenvalue weighted by atomic mass is 9.77. The van der Waals surface area contributed by atoms with E-state index in [0.29, 0.717) is 12.2 Å². The molecular formula is C24H34N4O3. The molecule has 1 atom stereocenters. The summed E-state index contributed by atoms with van der Waals surface area (Å²) in [5, 5.41) is 2.71. The number of hydrogen-bond donors (Lipinski definition) is 1. The average molecular weight is 427 g/mol. The number of methoxy groups -OCH3 is 1. The van der Waals surface area contributed by atoms with Crippen LogP contribution in [0.4, 0.5) is 0 Å². The Morgan fingerprint density at radius 2 is 1.94 bits per heavy atom. The Labute approximate surface area is 184 Å². The highest BCUT2D eigenvalue weighted by molar-refractivity contribution is 5.99. The van der Waals surface area contributed by atoms with E-state index in [9.17, 15) is 9.59 Å². The Hall–Kier alpha value is -2.67. The quantitative estimate of drug-likeness (QED) is 0.717. The predicted octanol–water partition coefficient (Wildman–Crippen LogP) is 3.38. The van der Waals surface area contributed by atoms with Crippen molar-refractivity contribution in [2.24, 2.45) is 11.3 Å². The van der Waals surface area contributed by atoms with Crippen LogP contribution in [0.15, 0.2) is 24.3 Å². The first-order chi connectivity index (χ1) is 14.7. The summed E-state index contributed by atoms with van der Waals surface area (Å²) in [7, 11) is 5.31. The monoisotopic (exact) mass is 426 g/mol. The number of hydrogen-bond acceptors (Lipinski definition) is 5. The minimum atomic E-state index is -0.430. The van der Waals surface area contributed by atoms with E-state index < -0.39 is 5.92 Å². The van der Waals surface area contributed by atoms with Crippen LogP contribution in [0, 0.1) is 11.3 Å². The molecule has 31 heavy (non-hydrogen) atoms. The number of ketones is 1. The maximum Gasteiger partial charge on any atom is 0.223 e. The second kappa shape index (κ2) is 9.22. The Bertz CT molecular complexity index is 958. The number of nitrogens with zero attached hydrogens (tertiary/aromatic N) is 3. The zero-order valence-electron chi connectivity index (χ0n) is 19.5. The van der Waals surface area contributed by atoms with E-state index in [0.717, 1.165) is 42.3 Å². The lowest BCUT2D eigenvalue weighted by molar-refractivity contribution is -0.127. The Morgan fingerprint density at radius 1 is 1.23 bits per heavy atom. The van der Waals surface area contributed by atoms with Crippen LogP contribution in [0.3, 0.4) is 0 Å². The summed E-state index contributed by atoms with van der Waals surface area (Å²) >= 11 is 0. The smallest absolute Gasteiger partial charge is 0.223 e. The van der Waals surface area contributed by atoms with Crippen LogP contribution >= 0.6 is 0 Å². The molecule has 0 unspecified atom stereocenters. The van der Waals surface area contributed by atoms with Crippen molar-refractivity contribution in [2.45, 2.75) is 46.7 Å². The molecule has 3 rings (SSSR count). The van der Waals surface area contributed by atoms with Gasteiger partial charge in [0.1, 0.15) is 17.3 Å². The number of rotatable bonds is 6. The van der Waals surface area contributed by atoms with Gasteiger partial charge < -0.3 is 19.5 Å². The number of carbonyl (C=O) groups is 2. The molecule has 7 nitrogen and oxygen atoms in total. The molecule has 168 valence electrons. The molecule has 1 aromatic carbocycles. The van der Waals surface area contributed by atoms with Crippen molar-refractivity contribution >= 4 is 11.7 Å². The number of ether oxygens (including phenoxy) is 1. The van der Waals surface area contributed by atoms with Crippen LogP contribution in [0.2, 0.25) is 0 Å². The van der Waals surface area contributed by atoms with Gasteiger partial charge in [0.05, 0.1) is 24.3 Å². The minimum Gasteiger partial charge on any atom is -0.496 e. The Balaban J connectivity index is 2.09. The van der Waals surface area contributed by atoms with Crippen molar-refractivity contribution in [3.63, 3.8) is 0 Å². The summed E-state index contributed by atoms with van der Waals surface area (Å²) in [5.41, 5.74) is 1.91. The Morgan fingerprint density at radius 3 is 2.58 bits per heavy atom. The van der Waals surface area contributed by atoms with Gasteiger partial charge in [-0.15, -0.1) is 0 Å². The summed E-state index contributed by atoms with van der Waals surface area (Å²) in [4.78, 5) is 33.1. The van der Waals surface area contributed by atoms with Gasteiger partial charge in [-0.05, 0) is 37.6 Å². The first-order valence-corrected chi connectivity index (χ1v) is 10.8. The molecule has 1 N–H and O–H groups in total. The van der Waals surface area contributed by atoms with E-state index in [2.05, 4.69) is 21.8 Å². The third-order valence-corrected chi connectivity index (χ3v) is 6.02. The van der Waals surface area contributed by atoms with Gasteiger partial charge in [-0.1, -0.05) is 32.9 Å². The molecule has 2 aromatic rings. The number of nitrogens with one attached hydrogen (secondary N) is 1. The lowest BCUT2D eigenvalue weighted by Crippen LogP contribution is -2.37. The third-order valence-electron chi connectivity index (χ3n) is 6.02. The van der Waals surface area contributed by atoms with E-state index in [1.54, 1.807) is 14.2 Å². The normalized spacial score (nSPS) is 15.7. The van der Waals surface area contributed by atoms with Crippen molar-refractivity contribution in [3.05, 3.63) is 35.7 Å². The number of imidazole rings is 1. The van der Waals surface area contributed by atoms with Gasteiger partial charge in [-0.3, -0.25) is 9.59 Å². The maximum atomic E-state index is 13.5. The van der Waals surface area contributed by atoms with E-state index in [1.165, 1.54) is 0 Å². The topological polar surface area (TPSA) is 76.5 Å². The summed E-state index contributed by atoms with van der Waals surface area (Å²) in [5.74, 6) is 0.834. The second-order valence-corrected chi connectivity index (χ2v) is 9.33. The molecule has 0 fully saturated rings. The Kier molecular flexibility index (Phi) is 6.84. The van der Waals surface area contributed by atoms with Crippen LogP contribution in [0.5, 0.6) is 5.75 Å². The third kappa shape index (κ3) is 4.82. The zero-order chi connectivity index (χ0) is 22.8. The van der Waals surface area contributed by atoms with E-state index in [1.807, 2.05) is 45.0 Å². The molecule has 0 radical (unpaired) electrons. The highest BCUT2D eigenvalue weighted by Crippen LogP contribution is 2.34. The number of aromatic nitrogens is 2. The number of benzene rings is 1. The summed E-state index contributed by atoms with van der Waals surface area (Å²) in [6.45, 7) is 8.34. The van der Waals surface area contributed by atoms with Gasteiger partial charge in [0.2, 0.25) is 5.91 Å². The predicted molar refractivity (Wildman–Crippen MR) is 121 cm³/mol. The molecule has 0 aliphatic carbocycles. The number of carbonyl (C=O) groups excluding carboxylic acids is 2. The van der Waals surface area contributed by atoms with Crippen molar-refractivity contribution in [1.82, 2.24) is 19.8 Å². The first kappa shape index (κ1) is 23.0. The van der Waals surface area contributed by atoms with Gasteiger partial charge >= 0.3 is 0 Å². The molecule has 0 saturated carbocycles. The molecule has 1 aromatic heterocycles. The van der Waals surface area contributed by atoms with Gasteiger partial charge in [0, 0.05) is 26.6 Å². The van der Waals surface area contributed by atoms with Crippen molar-refractivity contribution < 1.29 is 14.3 Å². The van der Waals surface area contributed by atoms with Crippen molar-refractivity contribution in [2.75, 3.05) is 27.7 Å². The lowest BCUT2D eigenvalue weighted by Gasteiger charge is -2.28. The molecule has 7 heteroatoms. The number of amides is 1. The molecule has 0 bridgehead atoms. The molecule has 2 heterocycles. The van der Waals surface area contributed by atoms with Crippen molar-refractivity contribution in [3.8, 4) is 17.1 Å². The van der Waals surface area contributed by atoms with Crippen LogP contribution in [0.1, 0.15) is 49.8 Å². The number of Topliss-reactive ketones (excluding diaryl/α,β-unsaturated/α-hetero) is 1. The maximum absolute atomic E-state index is 13.5. The highest BCUT2D eigenvalue weighted by atomic mass is 16.5. The average Bonchev–Trinajstić information content (AvgIpc) is 2.96. The highest BCUT2D eigenvalue weighted by Gasteiger charge is 2.35. The van der Waals surface area contributed by atoms with Gasteiger partial charge in [-0.2, -0.15) is 0 Å². The van der Waals surface area contributed by atoms with Gasteiger partial charge in [-0.25, -0.2) is 4.98 Å². The number of fused-ring (bicyclic) bond motifs is 1. The molecular weight excluding hydrogens is 392 g/mol. The summed E-state index contributed by atoms with van der Waals surface area (Å²) in [6.07, 6.45) is 1.10. The van der Waals surface area contributed by atoms with Gasteiger partial charge in [0.25, 0.3) is 0 Å². The fourth-order valence-electron chi connectivity index (χ4n) is 4.23.